The first-order valence-electron chi connectivity index (χ1n) is 27.8. The molecule has 4 heterocycles. The molecule has 0 unspecified atom stereocenters. The minimum absolute atomic E-state index is 0.0272. The quantitative estimate of drug-likeness (QED) is 0.0574. The van der Waals surface area contributed by atoms with Gasteiger partial charge in [0.15, 0.2) is 25.0 Å². The van der Waals surface area contributed by atoms with Crippen LogP contribution in [0, 0.1) is 50.2 Å². The molecule has 5 aliphatic carbocycles. The monoisotopic (exact) mass is 1120 g/mol. The van der Waals surface area contributed by atoms with Crippen LogP contribution in [0.2, 0.25) is 0 Å². The Hall–Kier alpha value is -2.12. The molecule has 0 aromatic carbocycles. The Labute approximate surface area is 453 Å². The SMILES string of the molecule is CC1(C)CC[C@]2(C(=O)O[C@@H]3O[C@H](CO)[C@@H](O)[C@H](O)[C@H]3O)CC[C@]3(C)C(=CC[C@@H]4[C@@]5(C)CC[C@H](O[C@@H]6O[C@H](C(=O)O)[C@@H](O)[C@H](O[C@@H]7O[C@H](CO)[C@@H](O)[C@H](O)[C@H]7O)[C@H]6O[C@@H]6O[C@H](CO)[C@@H](O)[C@H](O)[C@H]6O)C(C)(C)[C@@H]5CC[C@]43C)[C@@H]2C1. The number of esters is 1. The summed E-state index contributed by atoms with van der Waals surface area (Å²) in [6.45, 7) is 13.2. The van der Waals surface area contributed by atoms with Gasteiger partial charge in [0.25, 0.3) is 0 Å². The van der Waals surface area contributed by atoms with Crippen molar-refractivity contribution in [2.75, 3.05) is 19.8 Å². The molecule has 0 amide bonds. The average molecular weight is 1120 g/mol. The van der Waals surface area contributed by atoms with E-state index in [0.29, 0.717) is 44.9 Å². The van der Waals surface area contributed by atoms with Crippen LogP contribution in [0.4, 0.5) is 0 Å². The lowest BCUT2D eigenvalue weighted by Crippen LogP contribution is -2.68. The molecule has 0 radical (unpaired) electrons. The highest BCUT2D eigenvalue weighted by Crippen LogP contribution is 2.76. The lowest BCUT2D eigenvalue weighted by molar-refractivity contribution is -0.396. The molecular formula is C54H86O24. The molecule has 9 aliphatic rings. The molecule has 4 saturated heterocycles. The summed E-state index contributed by atoms with van der Waals surface area (Å²) >= 11 is 0. The van der Waals surface area contributed by atoms with E-state index in [1.807, 2.05) is 0 Å². The molecule has 0 bridgehead atoms. The predicted molar refractivity (Wildman–Crippen MR) is 263 cm³/mol. The van der Waals surface area contributed by atoms with Crippen molar-refractivity contribution in [1.29, 1.82) is 0 Å². The largest absolute Gasteiger partial charge is 0.479 e. The van der Waals surface area contributed by atoms with E-state index in [1.165, 1.54) is 5.57 Å². The fourth-order valence-electron chi connectivity index (χ4n) is 16.5. The molecule has 8 fully saturated rings. The highest BCUT2D eigenvalue weighted by molar-refractivity contribution is 5.79. The van der Waals surface area contributed by atoms with E-state index in [1.54, 1.807) is 0 Å². The van der Waals surface area contributed by atoms with E-state index in [0.717, 1.165) is 19.3 Å². The van der Waals surface area contributed by atoms with Crippen molar-refractivity contribution in [1.82, 2.24) is 0 Å². The normalized spacial score (nSPS) is 52.8. The lowest BCUT2D eigenvalue weighted by atomic mass is 9.33. The first kappa shape index (κ1) is 60.5. The van der Waals surface area contributed by atoms with Gasteiger partial charge in [0, 0.05) is 0 Å². The highest BCUT2D eigenvalue weighted by Gasteiger charge is 2.70. The maximum absolute atomic E-state index is 14.8. The molecule has 14 N–H and O–H groups in total. The maximum Gasteiger partial charge on any atom is 0.335 e. The summed E-state index contributed by atoms with van der Waals surface area (Å²) in [5.41, 5.74) is -1.57. The van der Waals surface area contributed by atoms with Crippen molar-refractivity contribution >= 4 is 11.9 Å². The van der Waals surface area contributed by atoms with Gasteiger partial charge in [0.1, 0.15) is 91.6 Å². The predicted octanol–water partition coefficient (Wildman–Crippen LogP) is -1.94. The first-order valence-corrected chi connectivity index (χ1v) is 27.8. The molecule has 0 aromatic rings. The number of aliphatic hydroxyl groups excluding tert-OH is 13. The zero-order chi connectivity index (χ0) is 57.1. The van der Waals surface area contributed by atoms with Crippen molar-refractivity contribution in [3.8, 4) is 0 Å². The first-order chi connectivity index (χ1) is 36.5. The standard InChI is InChI=1S/C54H86O24/c1-49(2)14-16-54(48(70)78-46-38(66)35(63)32(60)26(21-57)73-46)17-15-52(6)22(23(54)18-49)8-9-28-51(5)12-11-29(50(3,4)27(51)10-13-53(28,52)7)74-47-42(77-45-37(65)34(62)31(59)25(20-56)72-45)40(39(67)41(76-47)43(68)69)75-44-36(64)33(61)30(58)24(19-55)71-44/h8,23-42,44-47,55-67H,9-21H2,1-7H3,(H,68,69)/t23-,24+,25+,26+,27-,28+,29-,30+,31+,32+,33-,34-,35-,36+,37+,38+,39-,40-,41-,42+,44-,45-,46-,47+,51-,52+,53+,54-/m0/s1. The lowest BCUT2D eigenvalue weighted by Gasteiger charge is -2.71. The number of ether oxygens (including phenoxy) is 8. The van der Waals surface area contributed by atoms with Gasteiger partial charge < -0.3 is 109 Å². The van der Waals surface area contributed by atoms with Gasteiger partial charge in [-0.3, -0.25) is 4.79 Å². The second kappa shape index (κ2) is 21.8. The molecule has 28 atom stereocenters. The summed E-state index contributed by atoms with van der Waals surface area (Å²) < 4.78 is 48.2. The third-order valence-electron chi connectivity index (χ3n) is 21.4. The summed E-state index contributed by atoms with van der Waals surface area (Å²) in [5, 5.41) is 149. The minimum Gasteiger partial charge on any atom is -0.479 e. The van der Waals surface area contributed by atoms with Crippen LogP contribution in [0.5, 0.6) is 0 Å². The summed E-state index contributed by atoms with van der Waals surface area (Å²) in [5.74, 6) is -2.33. The van der Waals surface area contributed by atoms with E-state index in [-0.39, 0.29) is 39.4 Å². The Bertz CT molecular complexity index is 2190. The third kappa shape index (κ3) is 9.72. The van der Waals surface area contributed by atoms with Gasteiger partial charge in [-0.25, -0.2) is 4.79 Å². The van der Waals surface area contributed by atoms with E-state index >= 15 is 0 Å². The number of carbonyl (C=O) groups is 2. The number of aliphatic hydroxyl groups is 13. The summed E-state index contributed by atoms with van der Waals surface area (Å²) in [4.78, 5) is 27.7. The van der Waals surface area contributed by atoms with Crippen LogP contribution in [-0.2, 0) is 47.5 Å². The zero-order valence-electron chi connectivity index (χ0n) is 45.5. The fraction of sp³-hybridized carbons (Fsp3) is 0.926. The van der Waals surface area contributed by atoms with Crippen molar-refractivity contribution in [2.45, 2.75) is 242 Å². The Morgan fingerprint density at radius 3 is 1.60 bits per heavy atom. The molecule has 4 saturated carbocycles. The van der Waals surface area contributed by atoms with Crippen molar-refractivity contribution < 1.29 is 119 Å². The van der Waals surface area contributed by atoms with Crippen molar-refractivity contribution in [2.24, 2.45) is 50.2 Å². The van der Waals surface area contributed by atoms with Gasteiger partial charge in [-0.1, -0.05) is 60.1 Å². The van der Waals surface area contributed by atoms with Gasteiger partial charge in [0.05, 0.1) is 31.3 Å². The third-order valence-corrected chi connectivity index (χ3v) is 21.4. The minimum atomic E-state index is -2.16. The van der Waals surface area contributed by atoms with Crippen LogP contribution in [0.1, 0.15) is 113 Å². The number of rotatable bonds is 12. The smallest absolute Gasteiger partial charge is 0.335 e. The van der Waals surface area contributed by atoms with Crippen molar-refractivity contribution in [3.05, 3.63) is 11.6 Å². The Morgan fingerprint density at radius 2 is 1.06 bits per heavy atom. The number of hydrogen-bond acceptors (Lipinski definition) is 23. The topological polar surface area (TPSA) is 391 Å². The van der Waals surface area contributed by atoms with Crippen LogP contribution in [0.25, 0.3) is 0 Å². The molecule has 446 valence electrons. The number of hydrogen-bond donors (Lipinski definition) is 14. The Balaban J connectivity index is 1.00. The molecule has 9 rings (SSSR count). The number of carbonyl (C=O) groups excluding carboxylic acids is 1. The number of fused-ring (bicyclic) bond motifs is 7. The Morgan fingerprint density at radius 1 is 0.551 bits per heavy atom. The van der Waals surface area contributed by atoms with Gasteiger partial charge in [-0.05, 0) is 109 Å². The number of aliphatic carboxylic acids is 1. The molecule has 78 heavy (non-hydrogen) atoms. The highest BCUT2D eigenvalue weighted by atomic mass is 16.8. The summed E-state index contributed by atoms with van der Waals surface area (Å²) in [6, 6.07) is 0. The summed E-state index contributed by atoms with van der Waals surface area (Å²) in [6.07, 6.45) is -28.0. The second-order valence-corrected chi connectivity index (χ2v) is 26.3. The van der Waals surface area contributed by atoms with E-state index in [2.05, 4.69) is 54.5 Å². The van der Waals surface area contributed by atoms with Gasteiger partial charge >= 0.3 is 11.9 Å². The van der Waals surface area contributed by atoms with Gasteiger partial charge in [-0.2, -0.15) is 0 Å². The van der Waals surface area contributed by atoms with Crippen LogP contribution < -0.4 is 0 Å². The van der Waals surface area contributed by atoms with Crippen LogP contribution >= 0.6 is 0 Å². The number of allylic oxidation sites excluding steroid dienone is 2. The van der Waals surface area contributed by atoms with Crippen LogP contribution in [0.3, 0.4) is 0 Å². The number of carboxylic acid groups (broad SMARTS) is 1. The molecule has 24 nitrogen and oxygen atoms in total. The molecular weight excluding hydrogens is 1030 g/mol. The summed E-state index contributed by atoms with van der Waals surface area (Å²) in [7, 11) is 0. The Kier molecular flexibility index (Phi) is 16.9. The second-order valence-electron chi connectivity index (χ2n) is 26.3. The molecule has 0 aromatic heterocycles. The average Bonchev–Trinajstić information content (AvgIpc) is 3.56. The number of carboxylic acids is 1. The van der Waals surface area contributed by atoms with E-state index in [9.17, 15) is 81.1 Å². The van der Waals surface area contributed by atoms with Gasteiger partial charge in [0.2, 0.25) is 6.29 Å². The van der Waals surface area contributed by atoms with Crippen LogP contribution in [0.15, 0.2) is 11.6 Å². The molecule has 0 spiro atoms. The van der Waals surface area contributed by atoms with E-state index < -0.39 is 172 Å². The molecule has 24 heteroatoms. The molecule has 4 aliphatic heterocycles. The fourth-order valence-corrected chi connectivity index (χ4v) is 16.5. The van der Waals surface area contributed by atoms with Crippen molar-refractivity contribution in [3.63, 3.8) is 0 Å². The zero-order valence-corrected chi connectivity index (χ0v) is 45.5. The maximum atomic E-state index is 14.8. The van der Waals surface area contributed by atoms with Gasteiger partial charge in [-0.15, -0.1) is 0 Å². The van der Waals surface area contributed by atoms with E-state index in [4.69, 9.17) is 37.9 Å². The van der Waals surface area contributed by atoms with Crippen LogP contribution in [-0.4, -0.2) is 232 Å².